The zero-order valence-electron chi connectivity index (χ0n) is 17.5. The van der Waals surface area contributed by atoms with Gasteiger partial charge in [0.05, 0.1) is 0 Å². The Morgan fingerprint density at radius 3 is 0.971 bits per heavy atom. The fourth-order valence-electron chi connectivity index (χ4n) is 3.17. The van der Waals surface area contributed by atoms with Crippen LogP contribution in [0, 0.1) is 45.3 Å². The number of benzene rings is 3. The van der Waals surface area contributed by atoms with Crippen molar-refractivity contribution in [2.75, 3.05) is 0 Å². The maximum atomic E-state index is 8.63. The van der Waals surface area contributed by atoms with Crippen LogP contribution < -0.4 is 10.4 Å². The van der Waals surface area contributed by atoms with Gasteiger partial charge in [-0.05, 0) is 24.3 Å². The third-order valence-corrected chi connectivity index (χ3v) is 11.4. The average Bonchev–Trinajstić information content (AvgIpc) is 3.51. The molecule has 3 aromatic carbocycles. The number of nitrogens with zero attached hydrogens (tertiary/aromatic N) is 4. The standard InChI is InChI=1S/C12H8B2S4.C12H4N4/c1-2-6-10-9(5-1)15-13(16-10)14-17-11-7-3-4-8-12(11)18-14;13-5-11(6-14)9-1-2-10(4-3-9)12(7-15)8-16/h1-8H;1-4H. The maximum Gasteiger partial charge on any atom is 0.281 e. The summed E-state index contributed by atoms with van der Waals surface area (Å²) in [6, 6.07) is 30.7. The third kappa shape index (κ3) is 5.34. The van der Waals surface area contributed by atoms with E-state index in [9.17, 15) is 0 Å². The van der Waals surface area contributed by atoms with Gasteiger partial charge in [-0.25, -0.2) is 0 Å². The first-order valence-corrected chi connectivity index (χ1v) is 13.5. The lowest BCUT2D eigenvalue weighted by molar-refractivity contribution is 1.27. The van der Waals surface area contributed by atoms with Crippen molar-refractivity contribution in [1.29, 1.82) is 21.0 Å². The summed E-state index contributed by atoms with van der Waals surface area (Å²) in [4.78, 5) is 5.80. The van der Waals surface area contributed by atoms with Crippen LogP contribution >= 0.6 is 46.5 Å². The summed E-state index contributed by atoms with van der Waals surface area (Å²) < 4.78 is 0. The molecule has 0 aromatic heterocycles. The monoisotopic (exact) mass is 506 g/mol. The molecule has 0 aliphatic carbocycles. The smallest absolute Gasteiger partial charge is 0.192 e. The first kappa shape index (κ1) is 24.0. The van der Waals surface area contributed by atoms with E-state index >= 15 is 0 Å². The van der Waals surface area contributed by atoms with E-state index in [0.29, 0.717) is 20.8 Å². The van der Waals surface area contributed by atoms with Crippen LogP contribution in [0.4, 0.5) is 0 Å². The first-order valence-electron chi connectivity index (χ1n) is 9.96. The zero-order chi connectivity index (χ0) is 23.9. The molecule has 0 saturated carbocycles. The highest BCUT2D eigenvalue weighted by Crippen LogP contribution is 2.55. The van der Waals surface area contributed by atoms with Crippen molar-refractivity contribution in [3.8, 4) is 24.3 Å². The second kappa shape index (κ2) is 11.3. The number of fused-ring (bicyclic) bond motifs is 2. The molecule has 0 atom stereocenters. The van der Waals surface area contributed by atoms with E-state index in [1.54, 1.807) is 24.3 Å². The lowest BCUT2D eigenvalue weighted by Crippen LogP contribution is -2.18. The minimum absolute atomic E-state index is 0.00187. The van der Waals surface area contributed by atoms with E-state index < -0.39 is 0 Å². The van der Waals surface area contributed by atoms with Gasteiger partial charge in [0, 0.05) is 30.0 Å². The fourth-order valence-corrected chi connectivity index (χ4v) is 9.52. The van der Waals surface area contributed by atoms with E-state index in [1.807, 2.05) is 46.5 Å². The molecule has 2 aliphatic rings. The third-order valence-electron chi connectivity index (χ3n) is 4.80. The van der Waals surface area contributed by atoms with Crippen molar-refractivity contribution in [2.45, 2.75) is 19.6 Å². The Labute approximate surface area is 215 Å². The highest BCUT2D eigenvalue weighted by molar-refractivity contribution is 8.78. The minimum Gasteiger partial charge on any atom is -0.192 e. The van der Waals surface area contributed by atoms with Crippen molar-refractivity contribution < 1.29 is 0 Å². The highest BCUT2D eigenvalue weighted by Gasteiger charge is 2.42. The normalized spacial score (nSPS) is 12.6. The van der Waals surface area contributed by atoms with Gasteiger partial charge in [-0.3, -0.25) is 0 Å². The van der Waals surface area contributed by atoms with Crippen LogP contribution in [0.15, 0.2) is 92.4 Å². The molecule has 0 spiro atoms. The van der Waals surface area contributed by atoms with Gasteiger partial charge in [0.2, 0.25) is 0 Å². The predicted molar refractivity (Wildman–Crippen MR) is 143 cm³/mol. The number of hydrogen-bond donors (Lipinski definition) is 0. The molecule has 5 rings (SSSR count). The molecule has 0 bridgehead atoms. The number of hydrogen-bond acceptors (Lipinski definition) is 8. The van der Waals surface area contributed by atoms with Gasteiger partial charge in [-0.1, -0.05) is 48.5 Å². The van der Waals surface area contributed by atoms with Gasteiger partial charge in [0.15, 0.2) is 0 Å². The average molecular weight is 506 g/mol. The first-order chi connectivity index (χ1) is 16.7. The van der Waals surface area contributed by atoms with Gasteiger partial charge in [-0.2, -0.15) is 67.5 Å². The molecule has 3 aromatic rings. The van der Waals surface area contributed by atoms with E-state index in [4.69, 9.17) is 21.0 Å². The van der Waals surface area contributed by atoms with Gasteiger partial charge in [0.1, 0.15) is 35.4 Å². The fraction of sp³-hybridized carbons (Fsp3) is 0. The summed E-state index contributed by atoms with van der Waals surface area (Å²) in [6.45, 7) is 0. The van der Waals surface area contributed by atoms with Gasteiger partial charge >= 0.3 is 0 Å². The molecule has 0 unspecified atom stereocenters. The van der Waals surface area contributed by atoms with Crippen LogP contribution in [0.25, 0.3) is 11.1 Å². The molecule has 10 heteroatoms. The van der Waals surface area contributed by atoms with E-state index in [2.05, 4.69) is 48.5 Å². The van der Waals surface area contributed by atoms with E-state index in [0.717, 1.165) is 0 Å². The second-order valence-corrected chi connectivity index (χ2v) is 12.2. The number of nitriles is 4. The maximum absolute atomic E-state index is 8.63. The van der Waals surface area contributed by atoms with Crippen LogP contribution in [-0.4, -0.2) is 10.3 Å². The molecule has 158 valence electrons. The molecule has 0 fully saturated rings. The summed E-state index contributed by atoms with van der Waals surface area (Å²) in [6.07, 6.45) is 0. The van der Waals surface area contributed by atoms with E-state index in [-0.39, 0.29) is 11.1 Å². The van der Waals surface area contributed by atoms with E-state index in [1.165, 1.54) is 43.8 Å². The van der Waals surface area contributed by atoms with Crippen molar-refractivity contribution in [2.24, 2.45) is 0 Å². The lowest BCUT2D eigenvalue weighted by atomic mass is 9.72. The molecule has 4 nitrogen and oxygen atoms in total. The van der Waals surface area contributed by atoms with Crippen LogP contribution in [0.1, 0.15) is 0 Å². The number of rotatable bonds is 1. The second-order valence-electron chi connectivity index (χ2n) is 6.88. The SMILES string of the molecule is N#CC(C#N)=c1ccc(=C(C#N)C#N)cc1.c1ccc2c(c1)SB(B1Sc3ccccc3S1)S2. The molecule has 2 heterocycles. The van der Waals surface area contributed by atoms with Crippen molar-refractivity contribution in [3.63, 3.8) is 0 Å². The van der Waals surface area contributed by atoms with Gasteiger partial charge in [-0.15, -0.1) is 0 Å². The van der Waals surface area contributed by atoms with Crippen molar-refractivity contribution in [3.05, 3.63) is 83.2 Å². The molecule has 0 N–H and O–H groups in total. The summed E-state index contributed by atoms with van der Waals surface area (Å²) in [5, 5.41) is 36.7. The van der Waals surface area contributed by atoms with Crippen molar-refractivity contribution in [1.82, 2.24) is 0 Å². The van der Waals surface area contributed by atoms with Crippen molar-refractivity contribution >= 4 is 67.9 Å². The zero-order valence-corrected chi connectivity index (χ0v) is 20.8. The van der Waals surface area contributed by atoms with Crippen LogP contribution in [0.2, 0.25) is 0 Å². The minimum atomic E-state index is 0.00187. The summed E-state index contributed by atoms with van der Waals surface area (Å²) in [7, 11) is 0. The summed E-state index contributed by atoms with van der Waals surface area (Å²) in [5.74, 6) is 0. The highest BCUT2D eigenvalue weighted by atomic mass is 32.2. The Bertz CT molecular complexity index is 1330. The largest absolute Gasteiger partial charge is 0.281 e. The molecule has 0 amide bonds. The Balaban J connectivity index is 0.000000163. The Hall–Kier alpha value is -3.11. The summed E-state index contributed by atoms with van der Waals surface area (Å²) in [5.41, 5.74) is 0.00373. The molecular formula is C24H12B2N4S4. The Morgan fingerprint density at radius 2 is 0.735 bits per heavy atom. The lowest BCUT2D eigenvalue weighted by Gasteiger charge is -2.06. The molecule has 0 radical (unpaired) electrons. The molecule has 34 heavy (non-hydrogen) atoms. The predicted octanol–water partition coefficient (Wildman–Crippen LogP) is 4.92. The van der Waals surface area contributed by atoms with Crippen LogP contribution in [0.5, 0.6) is 0 Å². The molecule has 0 saturated heterocycles. The quantitative estimate of drug-likeness (QED) is 0.430. The van der Waals surface area contributed by atoms with Crippen LogP contribution in [0.3, 0.4) is 0 Å². The van der Waals surface area contributed by atoms with Gasteiger partial charge in [0.25, 0.3) is 10.3 Å². The summed E-state index contributed by atoms with van der Waals surface area (Å²) >= 11 is 8.10. The Kier molecular flexibility index (Phi) is 8.02. The topological polar surface area (TPSA) is 95.2 Å². The molecule has 2 aliphatic heterocycles. The van der Waals surface area contributed by atoms with Gasteiger partial charge < -0.3 is 0 Å². The molecular weight excluding hydrogens is 494 g/mol. The Morgan fingerprint density at radius 1 is 0.471 bits per heavy atom. The van der Waals surface area contributed by atoms with Crippen LogP contribution in [-0.2, 0) is 0 Å².